The number of nitrogens with one attached hydrogen (secondary N) is 1. The second kappa shape index (κ2) is 6.19. The highest BCUT2D eigenvalue weighted by atomic mass is 32.3. The molecule has 0 fully saturated rings. The monoisotopic (exact) mass is 366 g/mol. The fraction of sp³-hybridized carbons (Fsp3) is 0.312. The summed E-state index contributed by atoms with van der Waals surface area (Å²) in [6.45, 7) is 3.64. The van der Waals surface area contributed by atoms with Crippen LogP contribution >= 0.6 is 11.3 Å². The Morgan fingerprint density at radius 2 is 1.96 bits per heavy atom. The van der Waals surface area contributed by atoms with E-state index in [-0.39, 0.29) is 23.3 Å². The molecule has 0 saturated carbocycles. The molecule has 0 radical (unpaired) electrons. The van der Waals surface area contributed by atoms with Crippen LogP contribution < -0.4 is 10.2 Å². The lowest BCUT2D eigenvalue weighted by Gasteiger charge is -2.39. The van der Waals surface area contributed by atoms with E-state index >= 15 is 0 Å². The minimum Gasteiger partial charge on any atom is -0.370 e. The van der Waals surface area contributed by atoms with Gasteiger partial charge in [-0.25, -0.2) is 0 Å². The van der Waals surface area contributed by atoms with Crippen molar-refractivity contribution >= 4 is 38.7 Å². The molecule has 2 heterocycles. The minimum atomic E-state index is -3.78. The molecule has 6 nitrogen and oxygen atoms in total. The van der Waals surface area contributed by atoms with E-state index in [0.29, 0.717) is 0 Å². The van der Waals surface area contributed by atoms with Gasteiger partial charge in [0.05, 0.1) is 24.5 Å². The number of hydrogen-bond acceptors (Lipinski definition) is 6. The fourth-order valence-corrected chi connectivity index (χ4v) is 4.46. The highest BCUT2D eigenvalue weighted by molar-refractivity contribution is 7.89. The van der Waals surface area contributed by atoms with Gasteiger partial charge >= 0.3 is 10.1 Å². The summed E-state index contributed by atoms with van der Waals surface area (Å²) in [4.78, 5) is 14.2. The van der Waals surface area contributed by atoms with Crippen molar-refractivity contribution in [3.63, 3.8) is 0 Å². The zero-order valence-corrected chi connectivity index (χ0v) is 15.0. The number of rotatable bonds is 5. The molecule has 0 atom stereocenters. The molecular formula is C16H18N2O4S2. The molecule has 0 spiro atoms. The predicted molar refractivity (Wildman–Crippen MR) is 94.0 cm³/mol. The molecular weight excluding hydrogens is 348 g/mol. The summed E-state index contributed by atoms with van der Waals surface area (Å²) in [6.07, 6.45) is 0. The molecule has 128 valence electrons. The van der Waals surface area contributed by atoms with Crippen molar-refractivity contribution in [1.82, 2.24) is 0 Å². The summed E-state index contributed by atoms with van der Waals surface area (Å²) in [6, 6.07) is 10.6. The number of fused-ring (bicyclic) bond motifs is 1. The average molecular weight is 366 g/mol. The summed E-state index contributed by atoms with van der Waals surface area (Å²) in [5, 5.41) is 4.87. The quantitative estimate of drug-likeness (QED) is 0.824. The van der Waals surface area contributed by atoms with Crippen molar-refractivity contribution in [2.45, 2.75) is 23.6 Å². The van der Waals surface area contributed by atoms with Gasteiger partial charge in [-0.15, -0.1) is 11.3 Å². The lowest BCUT2D eigenvalue weighted by atomic mass is 9.98. The summed E-state index contributed by atoms with van der Waals surface area (Å²) in [5.74, 6) is -0.127. The van der Waals surface area contributed by atoms with Crippen molar-refractivity contribution in [3.8, 4) is 0 Å². The first kappa shape index (κ1) is 16.9. The number of hydrogen-bond donors (Lipinski definition) is 1. The van der Waals surface area contributed by atoms with Crippen LogP contribution in [-0.4, -0.2) is 33.0 Å². The molecule has 1 N–H and O–H groups in total. The van der Waals surface area contributed by atoms with Gasteiger partial charge in [0.2, 0.25) is 0 Å². The highest BCUT2D eigenvalue weighted by Gasteiger charge is 2.38. The third-order valence-electron chi connectivity index (χ3n) is 3.72. The second-order valence-corrected chi connectivity index (χ2v) is 8.72. The lowest BCUT2D eigenvalue weighted by Crippen LogP contribution is -2.54. The van der Waals surface area contributed by atoms with Crippen LogP contribution in [0.1, 0.15) is 13.8 Å². The van der Waals surface area contributed by atoms with Crippen molar-refractivity contribution in [2.24, 2.45) is 0 Å². The van der Waals surface area contributed by atoms with Crippen LogP contribution in [0.2, 0.25) is 0 Å². The van der Waals surface area contributed by atoms with E-state index in [1.807, 2.05) is 24.3 Å². The van der Waals surface area contributed by atoms with Gasteiger partial charge in [0.25, 0.3) is 5.91 Å². The Bertz CT molecular complexity index is 845. The molecule has 24 heavy (non-hydrogen) atoms. The Hall–Kier alpha value is -1.90. The first-order valence-electron chi connectivity index (χ1n) is 7.43. The van der Waals surface area contributed by atoms with Crippen molar-refractivity contribution < 1.29 is 17.4 Å². The standard InChI is InChI=1S/C16H18N2O4S2/c1-16(2)15(19)18(13-7-4-3-6-12(13)17-16)9-10-22-24(20,21)14-8-5-11-23-14/h3-8,11,17H,9-10H2,1-2H3. The molecule has 1 aliphatic rings. The summed E-state index contributed by atoms with van der Waals surface area (Å²) in [7, 11) is -3.78. The van der Waals surface area contributed by atoms with E-state index < -0.39 is 15.7 Å². The first-order chi connectivity index (χ1) is 11.3. The normalized spacial score (nSPS) is 16.6. The molecule has 3 rings (SSSR count). The lowest BCUT2D eigenvalue weighted by molar-refractivity contribution is -0.122. The number of carbonyl (C=O) groups excluding carboxylic acids is 1. The maximum atomic E-state index is 12.7. The number of thiophene rings is 1. The van der Waals surface area contributed by atoms with Gasteiger partial charge in [0.1, 0.15) is 9.75 Å². The molecule has 0 unspecified atom stereocenters. The van der Waals surface area contributed by atoms with Crippen LogP contribution in [0.4, 0.5) is 11.4 Å². The molecule has 0 aliphatic carbocycles. The maximum Gasteiger partial charge on any atom is 0.306 e. The summed E-state index contributed by atoms with van der Waals surface area (Å²) < 4.78 is 29.4. The molecule has 0 saturated heterocycles. The molecule has 1 aliphatic heterocycles. The third kappa shape index (κ3) is 3.17. The topological polar surface area (TPSA) is 75.7 Å². The number of amides is 1. The van der Waals surface area contributed by atoms with E-state index in [2.05, 4.69) is 5.32 Å². The molecule has 1 amide bonds. The van der Waals surface area contributed by atoms with Crippen molar-refractivity contribution in [1.29, 1.82) is 0 Å². The van der Waals surface area contributed by atoms with Gasteiger partial charge in [-0.1, -0.05) is 18.2 Å². The zero-order valence-electron chi connectivity index (χ0n) is 13.4. The largest absolute Gasteiger partial charge is 0.370 e. The van der Waals surface area contributed by atoms with Gasteiger partial charge in [-0.3, -0.25) is 8.98 Å². The smallest absolute Gasteiger partial charge is 0.306 e. The van der Waals surface area contributed by atoms with Crippen LogP contribution in [0.15, 0.2) is 46.0 Å². The van der Waals surface area contributed by atoms with Crippen molar-refractivity contribution in [3.05, 3.63) is 41.8 Å². The molecule has 0 bridgehead atoms. The number of benzene rings is 1. The second-order valence-electron chi connectivity index (χ2n) is 5.93. The minimum absolute atomic E-state index is 0.101. The van der Waals surface area contributed by atoms with Crippen LogP contribution in [0.5, 0.6) is 0 Å². The van der Waals surface area contributed by atoms with Gasteiger partial charge in [0, 0.05) is 0 Å². The highest BCUT2D eigenvalue weighted by Crippen LogP contribution is 2.34. The third-order valence-corrected chi connectivity index (χ3v) is 6.39. The van der Waals surface area contributed by atoms with Crippen LogP contribution in [-0.2, 0) is 19.1 Å². The van der Waals surface area contributed by atoms with Gasteiger partial charge in [0.15, 0.2) is 0 Å². The van der Waals surface area contributed by atoms with E-state index in [1.165, 1.54) is 6.07 Å². The Balaban J connectivity index is 1.76. The molecule has 8 heteroatoms. The SMILES string of the molecule is CC1(C)Nc2ccccc2N(CCOS(=O)(=O)c2cccs2)C1=O. The van der Waals surface area contributed by atoms with E-state index in [1.54, 1.807) is 30.2 Å². The predicted octanol–water partition coefficient (Wildman–Crippen LogP) is 2.69. The zero-order chi connectivity index (χ0) is 17.4. The number of nitrogens with zero attached hydrogens (tertiary/aromatic N) is 1. The molecule has 1 aromatic carbocycles. The van der Waals surface area contributed by atoms with Crippen molar-refractivity contribution in [2.75, 3.05) is 23.4 Å². The van der Waals surface area contributed by atoms with E-state index in [9.17, 15) is 13.2 Å². The summed E-state index contributed by atoms with van der Waals surface area (Å²) >= 11 is 1.10. The van der Waals surface area contributed by atoms with Crippen LogP contribution in [0.3, 0.4) is 0 Å². The Morgan fingerprint density at radius 1 is 1.21 bits per heavy atom. The van der Waals surface area contributed by atoms with Gasteiger partial charge in [-0.2, -0.15) is 8.42 Å². The fourth-order valence-electron chi connectivity index (χ4n) is 2.58. The number of anilines is 2. The Kier molecular flexibility index (Phi) is 4.37. The number of carbonyl (C=O) groups is 1. The maximum absolute atomic E-state index is 12.7. The first-order valence-corrected chi connectivity index (χ1v) is 9.72. The van der Waals surface area contributed by atoms with Crippen LogP contribution in [0.25, 0.3) is 0 Å². The molecule has 1 aromatic heterocycles. The van der Waals surface area contributed by atoms with Gasteiger partial charge < -0.3 is 10.2 Å². The van der Waals surface area contributed by atoms with Crippen LogP contribution in [0, 0.1) is 0 Å². The summed E-state index contributed by atoms with van der Waals surface area (Å²) in [5.41, 5.74) is 0.795. The number of para-hydroxylation sites is 2. The average Bonchev–Trinajstić information content (AvgIpc) is 3.06. The van der Waals surface area contributed by atoms with Gasteiger partial charge in [-0.05, 0) is 37.4 Å². The van der Waals surface area contributed by atoms with E-state index in [4.69, 9.17) is 4.18 Å². The van der Waals surface area contributed by atoms with E-state index in [0.717, 1.165) is 22.7 Å². The Labute approximate surface area is 145 Å². The Morgan fingerprint density at radius 3 is 2.67 bits per heavy atom. The molecule has 2 aromatic rings.